The number of urea groups is 1. The predicted molar refractivity (Wildman–Crippen MR) is 199 cm³/mol. The van der Waals surface area contributed by atoms with Gasteiger partial charge in [-0.25, -0.2) is 18.2 Å². The Balaban J connectivity index is 1.23. The molecule has 13 nitrogen and oxygen atoms in total. The van der Waals surface area contributed by atoms with E-state index in [1.165, 1.54) is 4.90 Å². The van der Waals surface area contributed by atoms with Crippen LogP contribution in [0.1, 0.15) is 103 Å². The monoisotopic (exact) mass is 748 g/mol. The molecule has 0 radical (unpaired) electrons. The quantitative estimate of drug-likeness (QED) is 0.339. The molecule has 2 aliphatic carbocycles. The van der Waals surface area contributed by atoms with Crippen molar-refractivity contribution in [3.8, 4) is 5.75 Å². The standard InChI is InChI=1S/C39H52N6O7S/c1-24-31-27(26-14-11-12-15-28(26)40-24)17-18-38(52-31)22-30-32(46)42-39(34(48)44-53(50,51)37(5)19-20-37)21-25(39)13-9-7-6-8-10-16-29(33(47)45(30)23-38)41-35(49)43-36(2,3)4/h9,11-15,25,29-30H,6-8,10,16-23H2,1-5H3,(H,42,46)(H,44,48)(H2,41,43,49)/b13-9-/t25-,29+,30+,38+,39-/m1/s1. The van der Waals surface area contributed by atoms with Crippen LogP contribution in [0, 0.1) is 12.8 Å². The number of pyridine rings is 1. The molecule has 1 saturated heterocycles. The van der Waals surface area contributed by atoms with Gasteiger partial charge in [-0.15, -0.1) is 0 Å². The topological polar surface area (TPSA) is 176 Å². The highest BCUT2D eigenvalue weighted by molar-refractivity contribution is 7.91. The number of allylic oxidation sites excluding steroid dienone is 1. The number of ether oxygens (including phenoxy) is 1. The second-order valence-electron chi connectivity index (χ2n) is 17.1. The van der Waals surface area contributed by atoms with Crippen molar-refractivity contribution in [3.05, 3.63) is 47.7 Å². The number of hydrogen-bond acceptors (Lipinski definition) is 8. The molecule has 2 saturated carbocycles. The zero-order chi connectivity index (χ0) is 38.0. The van der Waals surface area contributed by atoms with Gasteiger partial charge in [0, 0.05) is 28.8 Å². The maximum absolute atomic E-state index is 14.7. The molecule has 1 aromatic carbocycles. The Morgan fingerprint density at radius 1 is 1.06 bits per heavy atom. The molecular formula is C39H52N6O7S. The van der Waals surface area contributed by atoms with Gasteiger partial charge in [0.15, 0.2) is 0 Å². The third-order valence-corrected chi connectivity index (χ3v) is 13.8. The van der Waals surface area contributed by atoms with E-state index in [1.807, 2.05) is 64.1 Å². The molecule has 53 heavy (non-hydrogen) atoms. The van der Waals surface area contributed by atoms with Gasteiger partial charge in [0.25, 0.3) is 5.91 Å². The van der Waals surface area contributed by atoms with Crippen molar-refractivity contribution in [3.63, 3.8) is 0 Å². The molecule has 1 spiro atoms. The summed E-state index contributed by atoms with van der Waals surface area (Å²) in [6, 6.07) is 5.45. The SMILES string of the molecule is Cc1nc2ccccc2c2c1O[C@@]1(CC2)C[C@H]2C(=O)N[C@]3(C(=O)NS(=O)(=O)C4(C)CC4)C[C@H]3/C=C\CCCCC[C@H](NC(=O)NC(C)(C)C)C(=O)N2C1. The summed E-state index contributed by atoms with van der Waals surface area (Å²) in [5, 5.41) is 9.74. The number of aromatic nitrogens is 1. The normalized spacial score (nSPS) is 30.4. The van der Waals surface area contributed by atoms with Gasteiger partial charge in [-0.2, -0.15) is 0 Å². The molecular weight excluding hydrogens is 697 g/mol. The number of carbonyl (C=O) groups excluding carboxylic acids is 4. The van der Waals surface area contributed by atoms with Crippen molar-refractivity contribution in [2.45, 2.75) is 139 Å². The molecule has 5 atom stereocenters. The largest absolute Gasteiger partial charge is 0.483 e. The van der Waals surface area contributed by atoms with Crippen LogP contribution in [0.4, 0.5) is 4.79 Å². The van der Waals surface area contributed by atoms with Gasteiger partial charge in [0.1, 0.15) is 29.0 Å². The predicted octanol–water partition coefficient (Wildman–Crippen LogP) is 4.07. The minimum atomic E-state index is -3.97. The summed E-state index contributed by atoms with van der Waals surface area (Å²) < 4.78 is 34.5. The van der Waals surface area contributed by atoms with Crippen LogP contribution in [0.15, 0.2) is 36.4 Å². The van der Waals surface area contributed by atoms with E-state index in [2.05, 4.69) is 20.7 Å². The molecule has 4 N–H and O–H groups in total. The van der Waals surface area contributed by atoms with Crippen molar-refractivity contribution in [1.29, 1.82) is 0 Å². The van der Waals surface area contributed by atoms with Crippen LogP contribution < -0.4 is 25.4 Å². The third kappa shape index (κ3) is 7.23. The first-order valence-corrected chi connectivity index (χ1v) is 20.5. The van der Waals surface area contributed by atoms with Crippen molar-refractivity contribution in [2.24, 2.45) is 5.92 Å². The lowest BCUT2D eigenvalue weighted by molar-refractivity contribution is -0.141. The lowest BCUT2D eigenvalue weighted by atomic mass is 9.87. The molecule has 3 aliphatic heterocycles. The number of nitrogens with one attached hydrogen (secondary N) is 4. The van der Waals surface area contributed by atoms with Crippen molar-refractivity contribution in [2.75, 3.05) is 6.54 Å². The Bertz CT molecular complexity index is 1990. The second kappa shape index (κ2) is 13.3. The summed E-state index contributed by atoms with van der Waals surface area (Å²) in [6.07, 6.45) is 9.71. The van der Waals surface area contributed by atoms with E-state index in [1.54, 1.807) is 6.92 Å². The van der Waals surface area contributed by atoms with Gasteiger partial charge >= 0.3 is 6.03 Å². The molecule has 0 bridgehead atoms. The zero-order valence-electron chi connectivity index (χ0n) is 31.3. The molecule has 14 heteroatoms. The van der Waals surface area contributed by atoms with Crippen LogP contribution in [0.2, 0.25) is 0 Å². The number of fused-ring (bicyclic) bond motifs is 5. The average Bonchev–Trinajstić information content (AvgIpc) is 3.97. The maximum atomic E-state index is 14.7. The Kier molecular flexibility index (Phi) is 9.30. The third-order valence-electron chi connectivity index (χ3n) is 11.7. The van der Waals surface area contributed by atoms with Crippen LogP contribution in [-0.2, 0) is 30.8 Å². The number of hydrogen-bond donors (Lipinski definition) is 4. The lowest BCUT2D eigenvalue weighted by Gasteiger charge is -2.36. The number of aryl methyl sites for hydroxylation is 2. The highest BCUT2D eigenvalue weighted by atomic mass is 32.2. The zero-order valence-corrected chi connectivity index (χ0v) is 32.2. The fraction of sp³-hybridized carbons (Fsp3) is 0.615. The number of carbonyl (C=O) groups is 4. The first kappa shape index (κ1) is 37.1. The van der Waals surface area contributed by atoms with Crippen molar-refractivity contribution in [1.82, 2.24) is 30.6 Å². The Hall–Kier alpha value is -4.20. The summed E-state index contributed by atoms with van der Waals surface area (Å²) in [5.41, 5.74) is -0.352. The van der Waals surface area contributed by atoms with E-state index >= 15 is 0 Å². The first-order valence-electron chi connectivity index (χ1n) is 19.0. The number of rotatable bonds is 4. The van der Waals surface area contributed by atoms with Crippen LogP contribution in [0.25, 0.3) is 10.9 Å². The number of nitrogens with zero attached hydrogens (tertiary/aromatic N) is 2. The van der Waals surface area contributed by atoms with Crippen LogP contribution >= 0.6 is 0 Å². The van der Waals surface area contributed by atoms with Gasteiger partial charge in [0.2, 0.25) is 21.8 Å². The Morgan fingerprint density at radius 3 is 2.55 bits per heavy atom. The van der Waals surface area contributed by atoms with Crippen LogP contribution in [-0.4, -0.2) is 82.1 Å². The molecule has 286 valence electrons. The molecule has 1 aromatic heterocycles. The average molecular weight is 749 g/mol. The molecule has 5 aliphatic rings. The van der Waals surface area contributed by atoms with Gasteiger partial charge in [-0.3, -0.25) is 19.1 Å². The lowest BCUT2D eigenvalue weighted by Crippen LogP contribution is -2.59. The van der Waals surface area contributed by atoms with Gasteiger partial charge in [-0.05, 0) is 92.1 Å². The van der Waals surface area contributed by atoms with Gasteiger partial charge in [-0.1, -0.05) is 43.2 Å². The van der Waals surface area contributed by atoms with Crippen molar-refractivity contribution < 1.29 is 32.3 Å². The van der Waals surface area contributed by atoms with Crippen LogP contribution in [0.5, 0.6) is 5.75 Å². The Morgan fingerprint density at radius 2 is 1.81 bits per heavy atom. The molecule has 7 rings (SSSR count). The fourth-order valence-electron chi connectivity index (χ4n) is 8.18. The van der Waals surface area contributed by atoms with E-state index in [9.17, 15) is 27.6 Å². The van der Waals surface area contributed by atoms with E-state index in [4.69, 9.17) is 9.72 Å². The summed E-state index contributed by atoms with van der Waals surface area (Å²) >= 11 is 0. The highest BCUT2D eigenvalue weighted by Crippen LogP contribution is 2.49. The van der Waals surface area contributed by atoms with Crippen LogP contribution in [0.3, 0.4) is 0 Å². The summed E-state index contributed by atoms with van der Waals surface area (Å²) in [7, 11) is -3.97. The smallest absolute Gasteiger partial charge is 0.315 e. The van der Waals surface area contributed by atoms with E-state index < -0.39 is 73.2 Å². The first-order chi connectivity index (χ1) is 24.9. The number of amides is 5. The van der Waals surface area contributed by atoms with E-state index in [0.717, 1.165) is 29.3 Å². The van der Waals surface area contributed by atoms with Crippen molar-refractivity contribution >= 4 is 44.7 Å². The molecule has 2 aromatic rings. The highest BCUT2D eigenvalue weighted by Gasteiger charge is 2.64. The maximum Gasteiger partial charge on any atom is 0.315 e. The minimum Gasteiger partial charge on any atom is -0.483 e. The van der Waals surface area contributed by atoms with E-state index in [-0.39, 0.29) is 19.4 Å². The number of sulfonamides is 1. The summed E-state index contributed by atoms with van der Waals surface area (Å²) in [5.74, 6) is -1.50. The summed E-state index contributed by atoms with van der Waals surface area (Å²) in [6.45, 7) is 9.15. The van der Waals surface area contributed by atoms with Gasteiger partial charge in [0.05, 0.1) is 22.5 Å². The van der Waals surface area contributed by atoms with E-state index in [0.29, 0.717) is 56.4 Å². The Labute approximate surface area is 311 Å². The number of para-hydroxylation sites is 1. The number of benzene rings is 1. The summed E-state index contributed by atoms with van der Waals surface area (Å²) in [4.78, 5) is 62.7. The second-order valence-corrected chi connectivity index (χ2v) is 19.3. The molecule has 4 heterocycles. The molecule has 5 amide bonds. The molecule has 0 unspecified atom stereocenters. The van der Waals surface area contributed by atoms with Gasteiger partial charge < -0.3 is 25.6 Å². The molecule has 3 fully saturated rings. The minimum absolute atomic E-state index is 0.0873. The fourth-order valence-corrected chi connectivity index (χ4v) is 9.49.